The van der Waals surface area contributed by atoms with Crippen molar-refractivity contribution in [2.75, 3.05) is 29.0 Å². The third-order valence-corrected chi connectivity index (χ3v) is 7.41. The highest BCUT2D eigenvalue weighted by Gasteiger charge is 2.25. The number of anilines is 3. The number of carbonyl (C=O) groups excluding carboxylic acids is 1. The Morgan fingerprint density at radius 1 is 0.795 bits per heavy atom. The van der Waals surface area contributed by atoms with Crippen LogP contribution in [0.2, 0.25) is 0 Å². The maximum absolute atomic E-state index is 13.3. The molecule has 196 valence electrons. The maximum atomic E-state index is 13.3. The molecule has 0 radical (unpaired) electrons. The van der Waals surface area contributed by atoms with Gasteiger partial charge in [0.2, 0.25) is 17.2 Å². The van der Waals surface area contributed by atoms with Crippen LogP contribution >= 0.6 is 0 Å². The summed E-state index contributed by atoms with van der Waals surface area (Å²) in [5.74, 6) is 0.183. The molecule has 0 saturated carbocycles. The molecule has 10 heteroatoms. The Hall–Kier alpha value is -4.83. The molecule has 9 nitrogen and oxygen atoms in total. The van der Waals surface area contributed by atoms with Crippen molar-refractivity contribution in [3.63, 3.8) is 0 Å². The maximum Gasteiger partial charge on any atom is 0.372 e. The lowest BCUT2D eigenvalue weighted by molar-refractivity contribution is -0.598. The van der Waals surface area contributed by atoms with E-state index in [-0.39, 0.29) is 16.6 Å². The van der Waals surface area contributed by atoms with Gasteiger partial charge in [0.05, 0.1) is 17.3 Å². The normalized spacial score (nSPS) is 11.3. The zero-order valence-electron chi connectivity index (χ0n) is 21.7. The van der Waals surface area contributed by atoms with Gasteiger partial charge in [-0.25, -0.2) is 18.0 Å². The van der Waals surface area contributed by atoms with E-state index in [9.17, 15) is 13.2 Å². The summed E-state index contributed by atoms with van der Waals surface area (Å²) in [5, 5.41) is 2.63. The van der Waals surface area contributed by atoms with Crippen molar-refractivity contribution < 1.29 is 17.8 Å². The van der Waals surface area contributed by atoms with Crippen molar-refractivity contribution in [2.24, 2.45) is 0 Å². The first-order valence-electron chi connectivity index (χ1n) is 12.2. The Labute approximate surface area is 226 Å². The van der Waals surface area contributed by atoms with Crippen molar-refractivity contribution in [2.45, 2.75) is 11.8 Å². The fourth-order valence-corrected chi connectivity index (χ4v) is 5.06. The summed E-state index contributed by atoms with van der Waals surface area (Å²) in [6.45, 7) is 1.39. The smallest absolute Gasteiger partial charge is 0.372 e. The van der Waals surface area contributed by atoms with Gasteiger partial charge in [-0.2, -0.15) is 0 Å². The molecule has 0 aliphatic carbocycles. The van der Waals surface area contributed by atoms with Crippen LogP contribution in [0.3, 0.4) is 0 Å². The van der Waals surface area contributed by atoms with E-state index in [0.717, 1.165) is 16.8 Å². The lowest BCUT2D eigenvalue weighted by Crippen LogP contribution is -2.33. The first kappa shape index (κ1) is 25.8. The highest BCUT2D eigenvalue weighted by molar-refractivity contribution is 7.92. The second kappa shape index (κ2) is 10.5. The lowest BCUT2D eigenvalue weighted by atomic mass is 10.1. The lowest BCUT2D eigenvalue weighted by Gasteiger charge is -2.12. The first-order valence-corrected chi connectivity index (χ1v) is 13.6. The van der Waals surface area contributed by atoms with E-state index in [0.29, 0.717) is 22.5 Å². The van der Waals surface area contributed by atoms with E-state index in [1.807, 2.05) is 61.7 Å². The molecule has 0 fully saturated rings. The summed E-state index contributed by atoms with van der Waals surface area (Å²) in [6.07, 6.45) is 3.65. The monoisotopic (exact) mass is 539 g/mol. The van der Waals surface area contributed by atoms with Crippen LogP contribution in [-0.2, 0) is 14.8 Å². The third-order valence-electron chi connectivity index (χ3n) is 6.06. The average molecular weight is 540 g/mol. The Bertz CT molecular complexity index is 1750. The Morgan fingerprint density at radius 3 is 1.97 bits per heavy atom. The van der Waals surface area contributed by atoms with Crippen molar-refractivity contribution in [1.82, 2.24) is 9.97 Å². The molecule has 39 heavy (non-hydrogen) atoms. The Morgan fingerprint density at radius 2 is 1.38 bits per heavy atom. The number of carbonyl (C=O) groups is 1. The van der Waals surface area contributed by atoms with Crippen LogP contribution < -0.4 is 19.5 Å². The molecule has 0 aliphatic heterocycles. The molecule has 0 bridgehead atoms. The summed E-state index contributed by atoms with van der Waals surface area (Å²) in [7, 11) is -0.00709. The van der Waals surface area contributed by atoms with Crippen molar-refractivity contribution in [3.05, 3.63) is 97.3 Å². The minimum atomic E-state index is -4.00. The summed E-state index contributed by atoms with van der Waals surface area (Å²) in [6, 6.07) is 25.3. The molecule has 0 atom stereocenters. The number of hydrogen-bond donors (Lipinski definition) is 2. The fourth-order valence-electron chi connectivity index (χ4n) is 4.06. The number of amides is 1. The van der Waals surface area contributed by atoms with Crippen LogP contribution in [0.5, 0.6) is 0 Å². The number of aromatic nitrogens is 3. The quantitative estimate of drug-likeness (QED) is 0.297. The van der Waals surface area contributed by atoms with Crippen LogP contribution in [0.25, 0.3) is 28.0 Å². The van der Waals surface area contributed by atoms with Gasteiger partial charge >= 0.3 is 5.82 Å². The second-order valence-electron chi connectivity index (χ2n) is 9.13. The van der Waals surface area contributed by atoms with Gasteiger partial charge in [-0.1, -0.05) is 24.3 Å². The highest BCUT2D eigenvalue weighted by atomic mass is 32.2. The number of para-hydroxylation sites is 2. The largest absolute Gasteiger partial charge is 0.378 e. The Balaban J connectivity index is 1.50. The summed E-state index contributed by atoms with van der Waals surface area (Å²) in [4.78, 5) is 22.7. The van der Waals surface area contributed by atoms with Crippen LogP contribution in [0.4, 0.5) is 17.2 Å². The zero-order valence-corrected chi connectivity index (χ0v) is 22.5. The highest BCUT2D eigenvalue weighted by Crippen LogP contribution is 2.24. The molecule has 3 aromatic carbocycles. The number of fused-ring (bicyclic) bond motifs is 1. The van der Waals surface area contributed by atoms with E-state index in [2.05, 4.69) is 39.3 Å². The van der Waals surface area contributed by atoms with Gasteiger partial charge in [0.1, 0.15) is 5.52 Å². The third kappa shape index (κ3) is 5.70. The van der Waals surface area contributed by atoms with Gasteiger partial charge in [-0.15, -0.1) is 0 Å². The number of sulfonamides is 1. The van der Waals surface area contributed by atoms with Crippen LogP contribution in [-0.4, -0.2) is 38.4 Å². The van der Waals surface area contributed by atoms with Gasteiger partial charge in [0.25, 0.3) is 10.0 Å². The molecule has 1 amide bonds. The van der Waals surface area contributed by atoms with Crippen LogP contribution in [0, 0.1) is 0 Å². The number of nitrogens with zero attached hydrogens (tertiary/aromatic N) is 4. The molecule has 0 unspecified atom stereocenters. The molecule has 5 aromatic rings. The van der Waals surface area contributed by atoms with E-state index < -0.39 is 10.0 Å². The van der Waals surface area contributed by atoms with E-state index >= 15 is 0 Å². The van der Waals surface area contributed by atoms with Crippen molar-refractivity contribution in [3.8, 4) is 16.9 Å². The molecule has 2 aromatic heterocycles. The van der Waals surface area contributed by atoms with Crippen LogP contribution in [0.15, 0.2) is 102 Å². The van der Waals surface area contributed by atoms with Gasteiger partial charge in [-0.05, 0) is 76.8 Å². The molecular weight excluding hydrogens is 512 g/mol. The minimum absolute atomic E-state index is 0.0269. The van der Waals surface area contributed by atoms with E-state index in [1.165, 1.54) is 31.2 Å². The van der Waals surface area contributed by atoms with Gasteiger partial charge in [-0.3, -0.25) is 9.52 Å². The molecular formula is C29H27N6O3S+. The van der Waals surface area contributed by atoms with Crippen molar-refractivity contribution in [1.29, 1.82) is 0 Å². The standard InChI is InChI=1S/C29H26N6O3S/c1-20(36)30-23-10-14-25(15-11-23)39(37,38)33-28-29(32-27-7-5-4-6-26(27)31-28)35-18-16-22(17-19-35)21-8-12-24(13-9-21)34(2)3/h4-19H,1-3H3,(H-,30,31,33,36)/p+1. The predicted octanol–water partition coefficient (Wildman–Crippen LogP) is 4.40. The van der Waals surface area contributed by atoms with Crippen LogP contribution in [0.1, 0.15) is 6.92 Å². The number of benzene rings is 3. The van der Waals surface area contributed by atoms with Gasteiger partial charge < -0.3 is 10.2 Å². The second-order valence-corrected chi connectivity index (χ2v) is 10.8. The summed E-state index contributed by atoms with van der Waals surface area (Å²) in [5.41, 5.74) is 4.86. The first-order chi connectivity index (χ1) is 18.7. The molecule has 0 saturated heterocycles. The SMILES string of the molecule is CC(=O)Nc1ccc(S(=O)(=O)Nc2nc3ccccc3nc2-[n+]2ccc(-c3ccc(N(C)C)cc3)cc2)cc1. The fraction of sp³-hybridized carbons (Fsp3) is 0.103. The van der Waals surface area contributed by atoms with Gasteiger partial charge in [0.15, 0.2) is 0 Å². The topological polar surface area (TPSA) is 108 Å². The number of nitrogens with one attached hydrogen (secondary N) is 2. The molecule has 0 spiro atoms. The summed E-state index contributed by atoms with van der Waals surface area (Å²) < 4.78 is 30.9. The number of hydrogen-bond acceptors (Lipinski definition) is 6. The molecule has 5 rings (SSSR count). The molecule has 0 aliphatic rings. The van der Waals surface area contributed by atoms with Crippen molar-refractivity contribution >= 4 is 44.2 Å². The number of pyridine rings is 1. The molecule has 2 heterocycles. The summed E-state index contributed by atoms with van der Waals surface area (Å²) >= 11 is 0. The molecule has 2 N–H and O–H groups in total. The average Bonchev–Trinajstić information content (AvgIpc) is 2.92. The predicted molar refractivity (Wildman–Crippen MR) is 152 cm³/mol. The Kier molecular flexibility index (Phi) is 6.95. The van der Waals surface area contributed by atoms with E-state index in [1.54, 1.807) is 10.6 Å². The van der Waals surface area contributed by atoms with E-state index in [4.69, 9.17) is 4.98 Å². The van der Waals surface area contributed by atoms with Gasteiger partial charge in [0, 0.05) is 32.4 Å². The number of rotatable bonds is 7. The zero-order chi connectivity index (χ0) is 27.6. The minimum Gasteiger partial charge on any atom is -0.378 e.